The highest BCUT2D eigenvalue weighted by atomic mass is 16.3. The van der Waals surface area contributed by atoms with E-state index in [-0.39, 0.29) is 0 Å². The van der Waals surface area contributed by atoms with Crippen LogP contribution in [0.1, 0.15) is 42.4 Å². The van der Waals surface area contributed by atoms with Crippen LogP contribution in [0.25, 0.3) is 0 Å². The van der Waals surface area contributed by atoms with Gasteiger partial charge in [0.05, 0.1) is 0 Å². The molecule has 21 heavy (non-hydrogen) atoms. The van der Waals surface area contributed by atoms with Gasteiger partial charge in [-0.3, -0.25) is 0 Å². The van der Waals surface area contributed by atoms with Crippen molar-refractivity contribution in [3.8, 4) is 5.75 Å². The van der Waals surface area contributed by atoms with Crippen LogP contribution in [0.15, 0.2) is 48.5 Å². The maximum absolute atomic E-state index is 9.89. The van der Waals surface area contributed by atoms with E-state index in [1.54, 1.807) is 6.07 Å². The van der Waals surface area contributed by atoms with Crippen LogP contribution in [0.3, 0.4) is 0 Å². The zero-order chi connectivity index (χ0) is 14.7. The zero-order valence-electron chi connectivity index (χ0n) is 12.5. The van der Waals surface area contributed by atoms with Crippen molar-refractivity contribution in [2.24, 2.45) is 0 Å². The highest BCUT2D eigenvalue weighted by Crippen LogP contribution is 2.38. The number of phenols is 1. The Morgan fingerprint density at radius 3 is 2.71 bits per heavy atom. The van der Waals surface area contributed by atoms with Gasteiger partial charge < -0.3 is 10.4 Å². The van der Waals surface area contributed by atoms with Crippen molar-refractivity contribution < 1.29 is 5.11 Å². The summed E-state index contributed by atoms with van der Waals surface area (Å²) in [5, 5.41) is 13.6. The third-order valence-corrected chi connectivity index (χ3v) is 4.41. The Morgan fingerprint density at radius 1 is 1.14 bits per heavy atom. The first-order chi connectivity index (χ1) is 10.3. The average Bonchev–Trinajstić information content (AvgIpc) is 2.53. The first-order valence-corrected chi connectivity index (χ1v) is 7.89. The molecule has 110 valence electrons. The smallest absolute Gasteiger partial charge is 0.115 e. The first-order valence-electron chi connectivity index (χ1n) is 7.89. The standard InChI is InChI=1S/C19H23NO/c1-2-12-20-18-11-9-14-8-10-16(21)13-17(14)19(18)15-6-4-3-5-7-15/h3-8,10,13,18-21H,2,9,11-12H2,1H3/t18-,19-/m1/s1. The Hall–Kier alpha value is -1.80. The number of aryl methyl sites for hydroxylation is 1. The van der Waals surface area contributed by atoms with Crippen molar-refractivity contribution in [3.05, 3.63) is 65.2 Å². The van der Waals surface area contributed by atoms with E-state index in [0.29, 0.717) is 17.7 Å². The van der Waals surface area contributed by atoms with Crippen LogP contribution in [-0.4, -0.2) is 17.7 Å². The minimum absolute atomic E-state index is 0.327. The van der Waals surface area contributed by atoms with Crippen LogP contribution in [0.4, 0.5) is 0 Å². The van der Waals surface area contributed by atoms with Gasteiger partial charge in [0.2, 0.25) is 0 Å². The van der Waals surface area contributed by atoms with Gasteiger partial charge in [-0.05, 0) is 54.6 Å². The SMILES string of the molecule is CCCN[C@@H]1CCc2ccc(O)cc2[C@H]1c1ccccc1. The van der Waals surface area contributed by atoms with E-state index in [4.69, 9.17) is 0 Å². The van der Waals surface area contributed by atoms with Crippen molar-refractivity contribution in [2.75, 3.05) is 6.54 Å². The lowest BCUT2D eigenvalue weighted by Gasteiger charge is -2.35. The Kier molecular flexibility index (Phi) is 4.26. The number of phenolic OH excluding ortho intramolecular Hbond substituents is 1. The highest BCUT2D eigenvalue weighted by molar-refractivity contribution is 5.45. The van der Waals surface area contributed by atoms with Crippen LogP contribution in [0, 0.1) is 0 Å². The minimum atomic E-state index is 0.327. The first kappa shape index (κ1) is 14.2. The van der Waals surface area contributed by atoms with Gasteiger partial charge >= 0.3 is 0 Å². The minimum Gasteiger partial charge on any atom is -0.508 e. The van der Waals surface area contributed by atoms with Crippen molar-refractivity contribution in [1.82, 2.24) is 5.32 Å². The van der Waals surface area contributed by atoms with Gasteiger partial charge in [-0.25, -0.2) is 0 Å². The molecule has 2 atom stereocenters. The lowest BCUT2D eigenvalue weighted by molar-refractivity contribution is 0.416. The molecule has 1 aliphatic rings. The number of aromatic hydroxyl groups is 1. The zero-order valence-corrected chi connectivity index (χ0v) is 12.5. The maximum Gasteiger partial charge on any atom is 0.115 e. The van der Waals surface area contributed by atoms with E-state index < -0.39 is 0 Å². The molecule has 0 bridgehead atoms. The molecule has 0 heterocycles. The largest absolute Gasteiger partial charge is 0.508 e. The predicted octanol–water partition coefficient (Wildman–Crippen LogP) is 3.84. The summed E-state index contributed by atoms with van der Waals surface area (Å²) in [6, 6.07) is 16.9. The Balaban J connectivity index is 2.02. The number of hydrogen-bond acceptors (Lipinski definition) is 2. The summed E-state index contributed by atoms with van der Waals surface area (Å²) in [6.45, 7) is 3.25. The summed E-state index contributed by atoms with van der Waals surface area (Å²) in [7, 11) is 0. The number of rotatable bonds is 4. The second-order valence-corrected chi connectivity index (χ2v) is 5.87. The lowest BCUT2D eigenvalue weighted by atomic mass is 9.75. The molecule has 0 saturated carbocycles. The van der Waals surface area contributed by atoms with E-state index in [1.165, 1.54) is 16.7 Å². The molecule has 0 radical (unpaired) electrons. The second-order valence-electron chi connectivity index (χ2n) is 5.87. The number of nitrogens with one attached hydrogen (secondary N) is 1. The van der Waals surface area contributed by atoms with Gasteiger partial charge in [-0.2, -0.15) is 0 Å². The molecule has 2 N–H and O–H groups in total. The summed E-state index contributed by atoms with van der Waals surface area (Å²) >= 11 is 0. The summed E-state index contributed by atoms with van der Waals surface area (Å²) in [5.41, 5.74) is 3.98. The van der Waals surface area contributed by atoms with Crippen LogP contribution in [0.5, 0.6) is 5.75 Å². The molecule has 1 aliphatic carbocycles. The fourth-order valence-corrected chi connectivity index (χ4v) is 3.42. The van der Waals surface area contributed by atoms with Gasteiger partial charge in [0.1, 0.15) is 5.75 Å². The fourth-order valence-electron chi connectivity index (χ4n) is 3.42. The van der Waals surface area contributed by atoms with Crippen LogP contribution < -0.4 is 5.32 Å². The topological polar surface area (TPSA) is 32.3 Å². The lowest BCUT2D eigenvalue weighted by Crippen LogP contribution is -2.39. The fraction of sp³-hybridized carbons (Fsp3) is 0.368. The van der Waals surface area contributed by atoms with Crippen molar-refractivity contribution >= 4 is 0 Å². The second kappa shape index (κ2) is 6.31. The molecule has 2 aromatic carbocycles. The third-order valence-electron chi connectivity index (χ3n) is 4.41. The van der Waals surface area contributed by atoms with E-state index in [9.17, 15) is 5.11 Å². The van der Waals surface area contributed by atoms with Gasteiger partial charge in [0, 0.05) is 12.0 Å². The predicted molar refractivity (Wildman–Crippen MR) is 86.8 cm³/mol. The van der Waals surface area contributed by atoms with Gasteiger partial charge in [0.15, 0.2) is 0 Å². The van der Waals surface area contributed by atoms with Crippen molar-refractivity contribution in [3.63, 3.8) is 0 Å². The maximum atomic E-state index is 9.89. The van der Waals surface area contributed by atoms with E-state index in [2.05, 4.69) is 48.6 Å². The molecule has 2 heteroatoms. The Labute approximate surface area is 126 Å². The third kappa shape index (κ3) is 2.96. The molecule has 0 saturated heterocycles. The molecule has 2 nitrogen and oxygen atoms in total. The Bertz CT molecular complexity index is 594. The summed E-state index contributed by atoms with van der Waals surface area (Å²) in [4.78, 5) is 0. The quantitative estimate of drug-likeness (QED) is 0.892. The molecular formula is C19H23NO. The molecule has 0 amide bonds. The van der Waals surface area contributed by atoms with Crippen LogP contribution in [0.2, 0.25) is 0 Å². The molecule has 0 spiro atoms. The van der Waals surface area contributed by atoms with Crippen LogP contribution in [-0.2, 0) is 6.42 Å². The molecule has 2 aromatic rings. The van der Waals surface area contributed by atoms with E-state index in [1.807, 2.05) is 6.07 Å². The van der Waals surface area contributed by atoms with Gasteiger partial charge in [0.25, 0.3) is 0 Å². The molecular weight excluding hydrogens is 258 g/mol. The number of hydrogen-bond donors (Lipinski definition) is 2. The van der Waals surface area contributed by atoms with E-state index >= 15 is 0 Å². The number of fused-ring (bicyclic) bond motifs is 1. The summed E-state index contributed by atoms with van der Waals surface area (Å²) in [6.07, 6.45) is 3.38. The normalized spacial score (nSPS) is 21.0. The molecule has 0 fully saturated rings. The summed E-state index contributed by atoms with van der Waals surface area (Å²) in [5.74, 6) is 0.694. The van der Waals surface area contributed by atoms with Crippen LogP contribution >= 0.6 is 0 Å². The Morgan fingerprint density at radius 2 is 1.95 bits per heavy atom. The molecule has 0 aliphatic heterocycles. The van der Waals surface area contributed by atoms with Crippen molar-refractivity contribution in [2.45, 2.75) is 38.1 Å². The highest BCUT2D eigenvalue weighted by Gasteiger charge is 2.30. The van der Waals surface area contributed by atoms with Gasteiger partial charge in [-0.1, -0.05) is 43.3 Å². The summed E-state index contributed by atoms with van der Waals surface area (Å²) < 4.78 is 0. The molecule has 0 aromatic heterocycles. The van der Waals surface area contributed by atoms with E-state index in [0.717, 1.165) is 25.8 Å². The number of benzene rings is 2. The van der Waals surface area contributed by atoms with Gasteiger partial charge in [-0.15, -0.1) is 0 Å². The monoisotopic (exact) mass is 281 g/mol. The van der Waals surface area contributed by atoms with Crippen molar-refractivity contribution in [1.29, 1.82) is 0 Å². The molecule has 3 rings (SSSR count). The molecule has 0 unspecified atom stereocenters. The average molecular weight is 281 g/mol.